The van der Waals surface area contributed by atoms with Gasteiger partial charge >= 0.3 is 0 Å². The summed E-state index contributed by atoms with van der Waals surface area (Å²) in [6.45, 7) is 1.97. The molecule has 4 aromatic heterocycles. The van der Waals surface area contributed by atoms with Crippen molar-refractivity contribution in [3.05, 3.63) is 60.6 Å². The second-order valence-electron chi connectivity index (χ2n) is 5.05. The Morgan fingerprint density at radius 3 is 2.65 bits per heavy atom. The van der Waals surface area contributed by atoms with Crippen LogP contribution in [0.1, 0.15) is 5.69 Å². The van der Waals surface area contributed by atoms with E-state index in [1.165, 1.54) is 0 Å². The second-order valence-corrected chi connectivity index (χ2v) is 5.05. The summed E-state index contributed by atoms with van der Waals surface area (Å²) in [6.07, 6.45) is 3.62. The number of nitrogens with one attached hydrogen (secondary N) is 1. The van der Waals surface area contributed by atoms with E-state index in [0.29, 0.717) is 0 Å². The standard InChI is InChI=1S/C17H13N5.ClH/c1-11-4-2-5-16(20-11)17-12(10-19-22-17)13-7-8-14-15(21-13)6-3-9-18-14;/h2-10H,1H3,(H,19,22);1H. The number of aromatic amines is 1. The molecule has 0 saturated heterocycles. The molecule has 0 aliphatic heterocycles. The van der Waals surface area contributed by atoms with Crippen molar-refractivity contribution >= 4 is 23.4 Å². The Hall–Kier alpha value is -2.79. The van der Waals surface area contributed by atoms with Crippen LogP contribution < -0.4 is 0 Å². The number of nitrogens with zero attached hydrogens (tertiary/aromatic N) is 4. The van der Waals surface area contributed by atoms with Crippen molar-refractivity contribution in [1.29, 1.82) is 0 Å². The molecule has 114 valence electrons. The minimum Gasteiger partial charge on any atom is -0.284 e. The van der Waals surface area contributed by atoms with Crippen LogP contribution >= 0.6 is 12.4 Å². The molecule has 0 atom stereocenters. The molecule has 0 saturated carbocycles. The predicted octanol–water partition coefficient (Wildman–Crippen LogP) is 3.81. The fourth-order valence-electron chi connectivity index (χ4n) is 2.46. The summed E-state index contributed by atoms with van der Waals surface area (Å²) in [5, 5.41) is 7.26. The molecule has 0 bridgehead atoms. The monoisotopic (exact) mass is 323 g/mol. The summed E-state index contributed by atoms with van der Waals surface area (Å²) in [5.41, 5.74) is 6.14. The maximum absolute atomic E-state index is 4.68. The summed E-state index contributed by atoms with van der Waals surface area (Å²) in [6, 6.07) is 13.7. The lowest BCUT2D eigenvalue weighted by Gasteiger charge is -2.04. The lowest BCUT2D eigenvalue weighted by Crippen LogP contribution is -1.91. The first-order valence-corrected chi connectivity index (χ1v) is 7.01. The number of aryl methyl sites for hydroxylation is 1. The van der Waals surface area contributed by atoms with Crippen LogP contribution in [0.3, 0.4) is 0 Å². The lowest BCUT2D eigenvalue weighted by atomic mass is 10.1. The van der Waals surface area contributed by atoms with Crippen LogP contribution in [0.4, 0.5) is 0 Å². The molecular weight excluding hydrogens is 310 g/mol. The van der Waals surface area contributed by atoms with Gasteiger partial charge in [0.2, 0.25) is 0 Å². The molecule has 0 spiro atoms. The van der Waals surface area contributed by atoms with E-state index in [1.54, 1.807) is 6.20 Å². The van der Waals surface area contributed by atoms with Crippen molar-refractivity contribution in [2.45, 2.75) is 6.92 Å². The van der Waals surface area contributed by atoms with Gasteiger partial charge in [0.1, 0.15) is 5.69 Å². The Kier molecular flexibility index (Phi) is 4.04. The third-order valence-corrected chi connectivity index (χ3v) is 3.50. The topological polar surface area (TPSA) is 67.3 Å². The van der Waals surface area contributed by atoms with Crippen LogP contribution in [-0.4, -0.2) is 25.1 Å². The fourth-order valence-corrected chi connectivity index (χ4v) is 2.46. The van der Waals surface area contributed by atoms with Gasteiger partial charge in [-0.05, 0) is 43.3 Å². The highest BCUT2D eigenvalue weighted by Gasteiger charge is 2.13. The van der Waals surface area contributed by atoms with E-state index < -0.39 is 0 Å². The van der Waals surface area contributed by atoms with Gasteiger partial charge in [-0.1, -0.05) is 6.07 Å². The Morgan fingerprint density at radius 1 is 0.870 bits per heavy atom. The minimum absolute atomic E-state index is 0. The van der Waals surface area contributed by atoms with Gasteiger partial charge in [0.05, 0.1) is 22.4 Å². The van der Waals surface area contributed by atoms with E-state index in [1.807, 2.05) is 55.6 Å². The average molecular weight is 324 g/mol. The van der Waals surface area contributed by atoms with Gasteiger partial charge in [0, 0.05) is 23.7 Å². The molecule has 5 nitrogen and oxygen atoms in total. The minimum atomic E-state index is 0. The van der Waals surface area contributed by atoms with Crippen molar-refractivity contribution < 1.29 is 0 Å². The van der Waals surface area contributed by atoms with Gasteiger partial charge < -0.3 is 0 Å². The first kappa shape index (κ1) is 15.1. The van der Waals surface area contributed by atoms with Crippen LogP contribution in [0.15, 0.2) is 54.9 Å². The molecule has 0 fully saturated rings. The van der Waals surface area contributed by atoms with Crippen molar-refractivity contribution in [3.8, 4) is 22.6 Å². The molecule has 1 N–H and O–H groups in total. The highest BCUT2D eigenvalue weighted by atomic mass is 35.5. The van der Waals surface area contributed by atoms with E-state index >= 15 is 0 Å². The van der Waals surface area contributed by atoms with Gasteiger partial charge in [-0.25, -0.2) is 4.98 Å². The van der Waals surface area contributed by atoms with Gasteiger partial charge in [-0.15, -0.1) is 12.4 Å². The summed E-state index contributed by atoms with van der Waals surface area (Å²) in [7, 11) is 0. The van der Waals surface area contributed by atoms with Gasteiger partial charge in [-0.2, -0.15) is 5.10 Å². The molecule has 0 aromatic carbocycles. The van der Waals surface area contributed by atoms with Crippen LogP contribution in [0, 0.1) is 6.92 Å². The molecule has 6 heteroatoms. The molecular formula is C17H14ClN5. The maximum atomic E-state index is 4.68. The summed E-state index contributed by atoms with van der Waals surface area (Å²) < 4.78 is 0. The zero-order valence-corrected chi connectivity index (χ0v) is 13.2. The van der Waals surface area contributed by atoms with Gasteiger partial charge in [0.15, 0.2) is 0 Å². The summed E-state index contributed by atoms with van der Waals surface area (Å²) in [5.74, 6) is 0. The largest absolute Gasteiger partial charge is 0.284 e. The number of aromatic nitrogens is 5. The molecule has 23 heavy (non-hydrogen) atoms. The fraction of sp³-hybridized carbons (Fsp3) is 0.0588. The summed E-state index contributed by atoms with van der Waals surface area (Å²) in [4.78, 5) is 13.5. The van der Waals surface area contributed by atoms with Crippen molar-refractivity contribution in [2.75, 3.05) is 0 Å². The number of halogens is 1. The molecule has 0 amide bonds. The molecule has 0 aliphatic rings. The Labute approximate surface area is 139 Å². The zero-order valence-electron chi connectivity index (χ0n) is 12.4. The molecule has 0 radical (unpaired) electrons. The van der Waals surface area contributed by atoms with Crippen LogP contribution in [0.2, 0.25) is 0 Å². The molecule has 4 aromatic rings. The normalized spacial score (nSPS) is 10.5. The lowest BCUT2D eigenvalue weighted by molar-refractivity contribution is 1.08. The Bertz CT molecular complexity index is 964. The summed E-state index contributed by atoms with van der Waals surface area (Å²) >= 11 is 0. The second kappa shape index (κ2) is 6.14. The zero-order chi connectivity index (χ0) is 14.9. The van der Waals surface area contributed by atoms with Crippen LogP contribution in [0.5, 0.6) is 0 Å². The number of H-pyrrole nitrogens is 1. The van der Waals surface area contributed by atoms with Gasteiger partial charge in [0.25, 0.3) is 0 Å². The van der Waals surface area contributed by atoms with Crippen LogP contribution in [0.25, 0.3) is 33.7 Å². The van der Waals surface area contributed by atoms with E-state index in [-0.39, 0.29) is 12.4 Å². The van der Waals surface area contributed by atoms with Crippen molar-refractivity contribution in [1.82, 2.24) is 25.1 Å². The molecule has 4 heterocycles. The SMILES string of the molecule is Cc1cccc(-c2n[nH]cc2-c2ccc3ncccc3n2)n1.Cl. The number of pyridine rings is 3. The van der Waals surface area contributed by atoms with E-state index in [0.717, 1.165) is 39.4 Å². The average Bonchev–Trinajstić information content (AvgIpc) is 3.04. The predicted molar refractivity (Wildman–Crippen MR) is 92.3 cm³/mol. The van der Waals surface area contributed by atoms with Crippen LogP contribution in [-0.2, 0) is 0 Å². The highest BCUT2D eigenvalue weighted by Crippen LogP contribution is 2.28. The van der Waals surface area contributed by atoms with Crippen molar-refractivity contribution in [2.24, 2.45) is 0 Å². The first-order valence-electron chi connectivity index (χ1n) is 7.01. The number of rotatable bonds is 2. The number of hydrogen-bond donors (Lipinski definition) is 1. The highest BCUT2D eigenvalue weighted by molar-refractivity contribution is 5.85. The Balaban J connectivity index is 0.00000156. The molecule has 4 rings (SSSR count). The molecule has 0 unspecified atom stereocenters. The van der Waals surface area contributed by atoms with E-state index in [4.69, 9.17) is 0 Å². The smallest absolute Gasteiger partial charge is 0.120 e. The third kappa shape index (κ3) is 2.78. The quantitative estimate of drug-likeness (QED) is 0.609. The number of fused-ring (bicyclic) bond motifs is 1. The maximum Gasteiger partial charge on any atom is 0.120 e. The van der Waals surface area contributed by atoms with Gasteiger partial charge in [-0.3, -0.25) is 15.1 Å². The van der Waals surface area contributed by atoms with Crippen molar-refractivity contribution in [3.63, 3.8) is 0 Å². The van der Waals surface area contributed by atoms with E-state index in [9.17, 15) is 0 Å². The number of hydrogen-bond acceptors (Lipinski definition) is 4. The first-order chi connectivity index (χ1) is 10.8. The molecule has 0 aliphatic carbocycles. The third-order valence-electron chi connectivity index (χ3n) is 3.50. The van der Waals surface area contributed by atoms with E-state index in [2.05, 4.69) is 25.1 Å². The Morgan fingerprint density at radius 2 is 1.78 bits per heavy atom.